The zero-order chi connectivity index (χ0) is 20.6. The van der Waals surface area contributed by atoms with Gasteiger partial charge >= 0.3 is 5.97 Å². The van der Waals surface area contributed by atoms with Crippen molar-refractivity contribution in [2.45, 2.75) is 58.1 Å². The summed E-state index contributed by atoms with van der Waals surface area (Å²) in [4.78, 5) is 30.9. The molecule has 1 aromatic rings. The highest BCUT2D eigenvalue weighted by atomic mass is 19.1. The highest BCUT2D eigenvalue weighted by Gasteiger charge is 2.25. The maximum atomic E-state index is 12.5. The van der Waals surface area contributed by atoms with E-state index in [9.17, 15) is 14.0 Å². The molecular formula is C21H30FN3O4. The van der Waals surface area contributed by atoms with Crippen LogP contribution in [0.3, 0.4) is 0 Å². The fourth-order valence-corrected chi connectivity index (χ4v) is 3.25. The first-order valence-electron chi connectivity index (χ1n) is 10.5. The summed E-state index contributed by atoms with van der Waals surface area (Å²) in [6, 6.07) is 3.55. The SMILES string of the molecule is CC(NC(=O)c1ccc(N2CCCC2)c(OCC2CC2)n1)OC(=O)CCCCF. The van der Waals surface area contributed by atoms with Crippen LogP contribution in [0.15, 0.2) is 12.1 Å². The number of nitrogens with zero attached hydrogens (tertiary/aromatic N) is 2. The molecule has 0 bridgehead atoms. The van der Waals surface area contributed by atoms with E-state index in [2.05, 4.69) is 15.2 Å². The lowest BCUT2D eigenvalue weighted by molar-refractivity contribution is -0.149. The second kappa shape index (κ2) is 10.4. The van der Waals surface area contributed by atoms with Crippen molar-refractivity contribution in [3.63, 3.8) is 0 Å². The standard InChI is InChI=1S/C21H30FN3O4/c1-15(29-19(26)6-2-3-11-22)23-20(27)17-9-10-18(25-12-4-5-13-25)21(24-17)28-14-16-7-8-16/h9-10,15-16H,2-8,11-14H2,1H3,(H,23,27). The van der Waals surface area contributed by atoms with Crippen molar-refractivity contribution in [2.75, 3.05) is 31.3 Å². The third-order valence-electron chi connectivity index (χ3n) is 5.08. The number of nitrogens with one attached hydrogen (secondary N) is 1. The van der Waals surface area contributed by atoms with Gasteiger partial charge in [-0.15, -0.1) is 0 Å². The molecule has 1 aliphatic carbocycles. The zero-order valence-electron chi connectivity index (χ0n) is 17.0. The summed E-state index contributed by atoms with van der Waals surface area (Å²) in [6.45, 7) is 3.66. The lowest BCUT2D eigenvalue weighted by Crippen LogP contribution is -2.36. The van der Waals surface area contributed by atoms with Gasteiger partial charge in [-0.2, -0.15) is 0 Å². The van der Waals surface area contributed by atoms with Crippen molar-refractivity contribution in [3.05, 3.63) is 17.8 Å². The molecule has 2 heterocycles. The van der Waals surface area contributed by atoms with Crippen LogP contribution in [-0.2, 0) is 9.53 Å². The molecule has 0 radical (unpaired) electrons. The van der Waals surface area contributed by atoms with Crippen molar-refractivity contribution in [3.8, 4) is 5.88 Å². The number of anilines is 1. The van der Waals surface area contributed by atoms with Gasteiger partial charge in [0, 0.05) is 19.5 Å². The summed E-state index contributed by atoms with van der Waals surface area (Å²) in [5.41, 5.74) is 1.14. The van der Waals surface area contributed by atoms with Gasteiger partial charge in [0.1, 0.15) is 5.69 Å². The Morgan fingerprint density at radius 2 is 2.03 bits per heavy atom. The van der Waals surface area contributed by atoms with Crippen LogP contribution < -0.4 is 15.0 Å². The Labute approximate surface area is 171 Å². The first-order valence-corrected chi connectivity index (χ1v) is 10.5. The Bertz CT molecular complexity index is 705. The molecule has 1 atom stereocenters. The number of carbonyl (C=O) groups excluding carboxylic acids is 2. The molecule has 1 saturated carbocycles. The molecule has 3 rings (SSSR count). The van der Waals surface area contributed by atoms with Gasteiger partial charge in [-0.1, -0.05) is 0 Å². The summed E-state index contributed by atoms with van der Waals surface area (Å²) in [5.74, 6) is 0.176. The van der Waals surface area contributed by atoms with Crippen molar-refractivity contribution >= 4 is 17.6 Å². The van der Waals surface area contributed by atoms with E-state index in [1.54, 1.807) is 13.0 Å². The number of esters is 1. The molecule has 29 heavy (non-hydrogen) atoms. The van der Waals surface area contributed by atoms with Gasteiger partial charge in [0.05, 0.1) is 19.0 Å². The average Bonchev–Trinajstić information content (AvgIpc) is 3.37. The van der Waals surface area contributed by atoms with Gasteiger partial charge in [0.2, 0.25) is 5.88 Å². The predicted octanol–water partition coefficient (Wildman–Crippen LogP) is 3.23. The fraction of sp³-hybridized carbons (Fsp3) is 0.667. The van der Waals surface area contributed by atoms with E-state index in [4.69, 9.17) is 9.47 Å². The molecular weight excluding hydrogens is 377 g/mol. The van der Waals surface area contributed by atoms with Gasteiger partial charge in [-0.05, 0) is 63.5 Å². The molecule has 1 unspecified atom stereocenters. The van der Waals surface area contributed by atoms with Crippen LogP contribution in [0, 0.1) is 5.92 Å². The van der Waals surface area contributed by atoms with Gasteiger partial charge in [-0.25, -0.2) is 4.98 Å². The fourth-order valence-electron chi connectivity index (χ4n) is 3.25. The Morgan fingerprint density at radius 3 is 2.72 bits per heavy atom. The van der Waals surface area contributed by atoms with Crippen LogP contribution in [0.1, 0.15) is 62.4 Å². The third-order valence-corrected chi connectivity index (χ3v) is 5.08. The minimum Gasteiger partial charge on any atom is -0.476 e. The summed E-state index contributed by atoms with van der Waals surface area (Å²) >= 11 is 0. The Kier molecular flexibility index (Phi) is 7.66. The predicted molar refractivity (Wildman–Crippen MR) is 107 cm³/mol. The Balaban J connectivity index is 1.59. The van der Waals surface area contributed by atoms with Gasteiger partial charge < -0.3 is 19.7 Å². The number of unbranched alkanes of at least 4 members (excludes halogenated alkanes) is 1. The Morgan fingerprint density at radius 1 is 1.28 bits per heavy atom. The highest BCUT2D eigenvalue weighted by Crippen LogP contribution is 2.33. The average molecular weight is 407 g/mol. The van der Waals surface area contributed by atoms with Crippen molar-refractivity contribution in [1.29, 1.82) is 0 Å². The lowest BCUT2D eigenvalue weighted by atomic mass is 10.2. The summed E-state index contributed by atoms with van der Waals surface area (Å²) in [7, 11) is 0. The molecule has 7 nitrogen and oxygen atoms in total. The summed E-state index contributed by atoms with van der Waals surface area (Å²) in [5, 5.41) is 2.62. The molecule has 8 heteroatoms. The second-order valence-corrected chi connectivity index (χ2v) is 7.72. The van der Waals surface area contributed by atoms with Gasteiger partial charge in [0.15, 0.2) is 6.23 Å². The zero-order valence-corrected chi connectivity index (χ0v) is 17.0. The molecule has 0 spiro atoms. The molecule has 160 valence electrons. The molecule has 1 N–H and O–H groups in total. The second-order valence-electron chi connectivity index (χ2n) is 7.72. The Hall–Kier alpha value is -2.38. The molecule has 1 aliphatic heterocycles. The van der Waals surface area contributed by atoms with Crippen LogP contribution in [0.5, 0.6) is 5.88 Å². The number of hydrogen-bond acceptors (Lipinski definition) is 6. The number of amides is 1. The van der Waals surface area contributed by atoms with Crippen molar-refractivity contribution < 1.29 is 23.5 Å². The minimum atomic E-state index is -0.795. The largest absolute Gasteiger partial charge is 0.476 e. The number of alkyl halides is 1. The number of hydrogen-bond donors (Lipinski definition) is 1. The van der Waals surface area contributed by atoms with Crippen molar-refractivity contribution in [1.82, 2.24) is 10.3 Å². The normalized spacial score (nSPS) is 17.1. The molecule has 1 amide bonds. The molecule has 2 fully saturated rings. The highest BCUT2D eigenvalue weighted by molar-refractivity contribution is 5.93. The van der Waals surface area contributed by atoms with Crippen LogP contribution in [0.4, 0.5) is 10.1 Å². The number of aromatic nitrogens is 1. The van der Waals surface area contributed by atoms with Gasteiger partial charge in [-0.3, -0.25) is 14.0 Å². The summed E-state index contributed by atoms with van der Waals surface area (Å²) in [6.07, 6.45) is 4.71. The maximum absolute atomic E-state index is 12.5. The summed E-state index contributed by atoms with van der Waals surface area (Å²) < 4.78 is 23.2. The molecule has 1 saturated heterocycles. The van der Waals surface area contributed by atoms with E-state index >= 15 is 0 Å². The first kappa shape index (κ1) is 21.3. The number of halogens is 1. The van der Waals surface area contributed by atoms with E-state index in [-0.39, 0.29) is 12.1 Å². The lowest BCUT2D eigenvalue weighted by Gasteiger charge is -2.21. The van der Waals surface area contributed by atoms with E-state index < -0.39 is 24.8 Å². The third kappa shape index (κ3) is 6.58. The number of pyridine rings is 1. The van der Waals surface area contributed by atoms with Crippen molar-refractivity contribution in [2.24, 2.45) is 5.92 Å². The van der Waals surface area contributed by atoms with E-state index in [1.165, 1.54) is 12.8 Å². The van der Waals surface area contributed by atoms with E-state index in [0.29, 0.717) is 31.2 Å². The van der Waals surface area contributed by atoms with E-state index in [1.807, 2.05) is 6.07 Å². The first-order chi connectivity index (χ1) is 14.1. The van der Waals surface area contributed by atoms with Crippen LogP contribution >= 0.6 is 0 Å². The van der Waals surface area contributed by atoms with Crippen LogP contribution in [0.2, 0.25) is 0 Å². The van der Waals surface area contributed by atoms with E-state index in [0.717, 1.165) is 31.6 Å². The van der Waals surface area contributed by atoms with Crippen LogP contribution in [0.25, 0.3) is 0 Å². The quantitative estimate of drug-likeness (QED) is 0.345. The number of ether oxygens (including phenoxy) is 2. The smallest absolute Gasteiger partial charge is 0.307 e. The number of carbonyl (C=O) groups is 2. The topological polar surface area (TPSA) is 80.8 Å². The molecule has 1 aromatic heterocycles. The van der Waals surface area contributed by atoms with Gasteiger partial charge in [0.25, 0.3) is 5.91 Å². The maximum Gasteiger partial charge on any atom is 0.307 e. The molecule has 0 aromatic carbocycles. The number of rotatable bonds is 11. The minimum absolute atomic E-state index is 0.131. The molecule has 2 aliphatic rings. The van der Waals surface area contributed by atoms with Crippen LogP contribution in [-0.4, -0.2) is 49.5 Å². The monoisotopic (exact) mass is 407 g/mol.